The zero-order valence-corrected chi connectivity index (χ0v) is 19.6. The van der Waals surface area contributed by atoms with Crippen LogP contribution in [-0.4, -0.2) is 32.1 Å². The average molecular weight is 459 g/mol. The number of rotatable bonds is 4. The first-order valence-corrected chi connectivity index (χ1v) is 12.1. The topological polar surface area (TPSA) is 70.6 Å². The summed E-state index contributed by atoms with van der Waals surface area (Å²) in [6, 6.07) is 5.85. The number of imidazole rings is 1. The number of nitrogens with zero attached hydrogens (tertiary/aromatic N) is 6. The van der Waals surface area contributed by atoms with Crippen LogP contribution in [0.5, 0.6) is 0 Å². The Morgan fingerprint density at radius 3 is 2.70 bits per heavy atom. The highest BCUT2D eigenvalue weighted by molar-refractivity contribution is 6.30. The third-order valence-corrected chi connectivity index (χ3v) is 7.28. The van der Waals surface area contributed by atoms with Crippen LogP contribution in [0.3, 0.4) is 0 Å². The Kier molecular flexibility index (Phi) is 5.96. The molecule has 0 radical (unpaired) electrons. The molecule has 1 saturated carbocycles. The van der Waals surface area contributed by atoms with Crippen LogP contribution >= 0.6 is 11.6 Å². The van der Waals surface area contributed by atoms with Crippen molar-refractivity contribution in [1.29, 1.82) is 5.26 Å². The van der Waals surface area contributed by atoms with E-state index >= 15 is 0 Å². The maximum atomic E-state index is 9.65. The van der Waals surface area contributed by atoms with Crippen LogP contribution in [0.1, 0.15) is 51.1 Å². The quantitative estimate of drug-likeness (QED) is 0.486. The van der Waals surface area contributed by atoms with Crippen LogP contribution < -0.4 is 4.90 Å². The highest BCUT2D eigenvalue weighted by Gasteiger charge is 2.30. The van der Waals surface area contributed by atoms with Gasteiger partial charge >= 0.3 is 0 Å². The largest absolute Gasteiger partial charge is 0.328 e. The number of nitriles is 1. The number of fused-ring (bicyclic) bond motifs is 1. The molecule has 1 atom stereocenters. The van der Waals surface area contributed by atoms with Crippen molar-refractivity contribution in [2.75, 3.05) is 11.4 Å². The minimum absolute atomic E-state index is 0.0339. The van der Waals surface area contributed by atoms with Gasteiger partial charge in [-0.3, -0.25) is 4.98 Å². The third kappa shape index (κ3) is 4.16. The van der Waals surface area contributed by atoms with Gasteiger partial charge in [0.25, 0.3) is 0 Å². The third-order valence-electron chi connectivity index (χ3n) is 7.08. The standard InChI is InChI=1S/C26H27ClN6/c1-3-22-5-4-10-32(22)26-31-23-12-21(13-28)30-24(19-11-20(27)15-29-14-19)25(23)33(26)16-18-8-6-17(2)7-9-18/h1,11-12,14-15,17-18,22H,4-10,16H2,2H3. The van der Waals surface area contributed by atoms with Gasteiger partial charge in [0.15, 0.2) is 0 Å². The van der Waals surface area contributed by atoms with Crippen LogP contribution in [0.25, 0.3) is 22.3 Å². The molecule has 0 bridgehead atoms. The molecule has 1 saturated heterocycles. The number of terminal acetylenes is 1. The van der Waals surface area contributed by atoms with Gasteiger partial charge in [-0.1, -0.05) is 37.3 Å². The van der Waals surface area contributed by atoms with E-state index in [9.17, 15) is 5.26 Å². The highest BCUT2D eigenvalue weighted by Crippen LogP contribution is 2.37. The van der Waals surface area contributed by atoms with E-state index in [2.05, 4.69) is 33.4 Å². The second kappa shape index (κ2) is 9.04. The van der Waals surface area contributed by atoms with Crippen molar-refractivity contribution < 1.29 is 0 Å². The molecule has 0 N–H and O–H groups in total. The van der Waals surface area contributed by atoms with E-state index in [1.807, 2.05) is 6.07 Å². The molecule has 1 aliphatic heterocycles. The molecule has 7 heteroatoms. The molecule has 5 rings (SSSR count). The normalized spacial score (nSPS) is 22.9. The van der Waals surface area contributed by atoms with Crippen molar-refractivity contribution >= 4 is 28.6 Å². The van der Waals surface area contributed by atoms with Crippen LogP contribution in [0.2, 0.25) is 5.02 Å². The van der Waals surface area contributed by atoms with Crippen molar-refractivity contribution in [3.05, 3.63) is 35.2 Å². The molecule has 33 heavy (non-hydrogen) atoms. The molecule has 4 heterocycles. The number of aromatic nitrogens is 4. The molecule has 1 aliphatic carbocycles. The van der Waals surface area contributed by atoms with E-state index in [0.717, 1.165) is 54.4 Å². The summed E-state index contributed by atoms with van der Waals surface area (Å²) in [4.78, 5) is 16.2. The molecule has 2 fully saturated rings. The molecular weight excluding hydrogens is 432 g/mol. The van der Waals surface area contributed by atoms with Gasteiger partial charge in [-0.05, 0) is 43.6 Å². The van der Waals surface area contributed by atoms with Crippen molar-refractivity contribution in [3.63, 3.8) is 0 Å². The van der Waals surface area contributed by atoms with Crippen molar-refractivity contribution in [2.45, 2.75) is 58.0 Å². The van der Waals surface area contributed by atoms with Gasteiger partial charge in [-0.2, -0.15) is 5.26 Å². The summed E-state index contributed by atoms with van der Waals surface area (Å²) in [7, 11) is 0. The van der Waals surface area contributed by atoms with Gasteiger partial charge in [0, 0.05) is 37.1 Å². The zero-order chi connectivity index (χ0) is 22.9. The van der Waals surface area contributed by atoms with Crippen molar-refractivity contribution in [3.8, 4) is 29.7 Å². The maximum Gasteiger partial charge on any atom is 0.207 e. The fourth-order valence-electron chi connectivity index (χ4n) is 5.29. The lowest BCUT2D eigenvalue weighted by atomic mass is 9.83. The first-order valence-electron chi connectivity index (χ1n) is 11.7. The van der Waals surface area contributed by atoms with E-state index in [0.29, 0.717) is 22.3 Å². The van der Waals surface area contributed by atoms with Crippen LogP contribution in [0.4, 0.5) is 5.95 Å². The molecule has 2 aliphatic rings. The Morgan fingerprint density at radius 2 is 1.97 bits per heavy atom. The van der Waals surface area contributed by atoms with Crippen LogP contribution in [0, 0.1) is 35.5 Å². The second-order valence-electron chi connectivity index (χ2n) is 9.39. The molecule has 3 aromatic heterocycles. The zero-order valence-electron chi connectivity index (χ0n) is 18.8. The van der Waals surface area contributed by atoms with Gasteiger partial charge in [0.2, 0.25) is 5.95 Å². The van der Waals surface area contributed by atoms with Gasteiger partial charge in [-0.25, -0.2) is 9.97 Å². The molecule has 168 valence electrons. The summed E-state index contributed by atoms with van der Waals surface area (Å²) in [5.41, 5.74) is 3.49. The lowest BCUT2D eigenvalue weighted by Gasteiger charge is -2.29. The summed E-state index contributed by atoms with van der Waals surface area (Å²) in [5, 5.41) is 10.2. The molecule has 0 spiro atoms. The number of pyridine rings is 2. The van der Waals surface area contributed by atoms with Crippen LogP contribution in [-0.2, 0) is 6.54 Å². The monoisotopic (exact) mass is 458 g/mol. The Bertz CT molecular complexity index is 1260. The smallest absolute Gasteiger partial charge is 0.207 e. The first kappa shape index (κ1) is 21.7. The summed E-state index contributed by atoms with van der Waals surface area (Å²) >= 11 is 6.27. The fraction of sp³-hybridized carbons (Fsp3) is 0.462. The number of hydrogen-bond acceptors (Lipinski definition) is 5. The predicted octanol–water partition coefficient (Wildman–Crippen LogP) is 5.45. The lowest BCUT2D eigenvalue weighted by Crippen LogP contribution is -2.31. The Hall–Kier alpha value is -3.09. The SMILES string of the molecule is C#CC1CCCN1c1nc2cc(C#N)nc(-c3cncc(Cl)c3)c2n1CC1CCC(C)CC1. The minimum atomic E-state index is 0.0339. The van der Waals surface area contributed by atoms with Crippen LogP contribution in [0.15, 0.2) is 24.5 Å². The summed E-state index contributed by atoms with van der Waals surface area (Å²) in [6.45, 7) is 4.08. The second-order valence-corrected chi connectivity index (χ2v) is 9.83. The number of halogens is 1. The molecule has 0 aromatic carbocycles. The van der Waals surface area contributed by atoms with E-state index in [1.165, 1.54) is 25.7 Å². The first-order chi connectivity index (χ1) is 16.1. The lowest BCUT2D eigenvalue weighted by molar-refractivity contribution is 0.267. The van der Waals surface area contributed by atoms with E-state index in [-0.39, 0.29) is 6.04 Å². The van der Waals surface area contributed by atoms with Gasteiger partial charge in [0.05, 0.1) is 27.8 Å². The maximum absolute atomic E-state index is 9.65. The molecule has 3 aromatic rings. The van der Waals surface area contributed by atoms with E-state index in [1.54, 1.807) is 18.5 Å². The Morgan fingerprint density at radius 1 is 1.15 bits per heavy atom. The molecular formula is C26H27ClN6. The summed E-state index contributed by atoms with van der Waals surface area (Å²) in [5.74, 6) is 5.20. The summed E-state index contributed by atoms with van der Waals surface area (Å²) in [6.07, 6.45) is 16.2. The molecule has 6 nitrogen and oxygen atoms in total. The fourth-order valence-corrected chi connectivity index (χ4v) is 5.46. The Labute approximate surface area is 199 Å². The van der Waals surface area contributed by atoms with Gasteiger partial charge in [-0.15, -0.1) is 6.42 Å². The highest BCUT2D eigenvalue weighted by atomic mass is 35.5. The summed E-state index contributed by atoms with van der Waals surface area (Å²) < 4.78 is 2.30. The van der Waals surface area contributed by atoms with Crippen molar-refractivity contribution in [2.24, 2.45) is 11.8 Å². The number of hydrogen-bond donors (Lipinski definition) is 0. The average Bonchev–Trinajstić information content (AvgIpc) is 3.44. The molecule has 0 amide bonds. The number of anilines is 1. The van der Waals surface area contributed by atoms with Crippen molar-refractivity contribution in [1.82, 2.24) is 19.5 Å². The van der Waals surface area contributed by atoms with Gasteiger partial charge < -0.3 is 9.47 Å². The van der Waals surface area contributed by atoms with E-state index in [4.69, 9.17) is 28.0 Å². The van der Waals surface area contributed by atoms with E-state index < -0.39 is 0 Å². The van der Waals surface area contributed by atoms with Gasteiger partial charge in [0.1, 0.15) is 11.8 Å². The Balaban J connectivity index is 1.71. The minimum Gasteiger partial charge on any atom is -0.328 e. The predicted molar refractivity (Wildman–Crippen MR) is 131 cm³/mol. The molecule has 1 unspecified atom stereocenters.